The standard InChI is InChI=1S/C10H12FN3O3/c11-6-3-7(14(4-6)10(15)16)9-12-8(13-17-9)5-1-2-5/h5-7H,1-4H2,(H,15,16)/t6-,7-/m0/s1. The molecule has 2 fully saturated rings. The van der Waals surface area contributed by atoms with E-state index >= 15 is 0 Å². The number of carboxylic acid groups (broad SMARTS) is 1. The third-order valence-electron chi connectivity index (χ3n) is 3.18. The van der Waals surface area contributed by atoms with Crippen LogP contribution >= 0.6 is 0 Å². The molecule has 92 valence electrons. The zero-order valence-electron chi connectivity index (χ0n) is 9.04. The van der Waals surface area contributed by atoms with Gasteiger partial charge in [0.1, 0.15) is 12.2 Å². The topological polar surface area (TPSA) is 79.5 Å². The molecule has 1 saturated heterocycles. The summed E-state index contributed by atoms with van der Waals surface area (Å²) in [6, 6.07) is -0.637. The van der Waals surface area contributed by atoms with Gasteiger partial charge in [0, 0.05) is 12.3 Å². The molecule has 1 aliphatic carbocycles. The highest BCUT2D eigenvalue weighted by molar-refractivity contribution is 5.66. The lowest BCUT2D eigenvalue weighted by molar-refractivity contribution is 0.130. The van der Waals surface area contributed by atoms with Crippen LogP contribution in [0.4, 0.5) is 9.18 Å². The molecule has 2 atom stereocenters. The monoisotopic (exact) mass is 241 g/mol. The van der Waals surface area contributed by atoms with Crippen LogP contribution in [0.3, 0.4) is 0 Å². The number of hydrogen-bond donors (Lipinski definition) is 1. The summed E-state index contributed by atoms with van der Waals surface area (Å²) in [7, 11) is 0. The maximum atomic E-state index is 13.3. The van der Waals surface area contributed by atoms with Crippen molar-refractivity contribution in [1.29, 1.82) is 0 Å². The van der Waals surface area contributed by atoms with Gasteiger partial charge in [-0.1, -0.05) is 5.16 Å². The molecule has 0 spiro atoms. The summed E-state index contributed by atoms with van der Waals surface area (Å²) in [4.78, 5) is 16.1. The Kier molecular flexibility index (Phi) is 2.27. The molecule has 1 N–H and O–H groups in total. The molecule has 1 aliphatic heterocycles. The summed E-state index contributed by atoms with van der Waals surface area (Å²) in [6.45, 7) is -0.124. The molecule has 2 heterocycles. The molecule has 0 bridgehead atoms. The first kappa shape index (κ1) is 10.5. The Morgan fingerprint density at radius 3 is 2.94 bits per heavy atom. The highest BCUT2D eigenvalue weighted by atomic mass is 19.1. The fourth-order valence-electron chi connectivity index (χ4n) is 2.12. The van der Waals surface area contributed by atoms with Crippen LogP contribution in [0.15, 0.2) is 4.52 Å². The van der Waals surface area contributed by atoms with Gasteiger partial charge in [-0.2, -0.15) is 4.98 Å². The zero-order chi connectivity index (χ0) is 12.0. The van der Waals surface area contributed by atoms with Crippen molar-refractivity contribution in [2.24, 2.45) is 0 Å². The lowest BCUT2D eigenvalue weighted by Crippen LogP contribution is -2.29. The molecule has 1 amide bonds. The summed E-state index contributed by atoms with van der Waals surface area (Å²) in [6.07, 6.45) is -0.136. The van der Waals surface area contributed by atoms with Gasteiger partial charge in [-0.25, -0.2) is 9.18 Å². The number of alkyl halides is 1. The van der Waals surface area contributed by atoms with Gasteiger partial charge in [-0.05, 0) is 12.8 Å². The van der Waals surface area contributed by atoms with Crippen LogP contribution in [0.5, 0.6) is 0 Å². The van der Waals surface area contributed by atoms with Crippen LogP contribution in [0, 0.1) is 0 Å². The van der Waals surface area contributed by atoms with Crippen LogP contribution in [0.25, 0.3) is 0 Å². The predicted octanol–water partition coefficient (Wildman–Crippen LogP) is 1.71. The third kappa shape index (κ3) is 1.85. The van der Waals surface area contributed by atoms with E-state index in [-0.39, 0.29) is 18.9 Å². The zero-order valence-corrected chi connectivity index (χ0v) is 9.04. The Labute approximate surface area is 96.4 Å². The molecule has 6 nitrogen and oxygen atoms in total. The van der Waals surface area contributed by atoms with Crippen LogP contribution in [0.1, 0.15) is 42.9 Å². The van der Waals surface area contributed by atoms with Crippen molar-refractivity contribution in [1.82, 2.24) is 15.0 Å². The number of nitrogens with zero attached hydrogens (tertiary/aromatic N) is 3. The Hall–Kier alpha value is -1.66. The highest BCUT2D eigenvalue weighted by Crippen LogP contribution is 2.40. The number of halogens is 1. The summed E-state index contributed by atoms with van der Waals surface area (Å²) < 4.78 is 18.3. The van der Waals surface area contributed by atoms with E-state index in [2.05, 4.69) is 10.1 Å². The molecule has 0 unspecified atom stereocenters. The number of aromatic nitrogens is 2. The molecule has 17 heavy (non-hydrogen) atoms. The van der Waals surface area contributed by atoms with Gasteiger partial charge in [0.05, 0.1) is 6.54 Å². The highest BCUT2D eigenvalue weighted by Gasteiger charge is 2.40. The van der Waals surface area contributed by atoms with Crippen molar-refractivity contribution in [2.75, 3.05) is 6.54 Å². The minimum atomic E-state index is -1.16. The Bertz CT molecular complexity index is 446. The van der Waals surface area contributed by atoms with Gasteiger partial charge in [-0.15, -0.1) is 0 Å². The summed E-state index contributed by atoms with van der Waals surface area (Å²) in [5.74, 6) is 1.18. The van der Waals surface area contributed by atoms with E-state index in [1.807, 2.05) is 0 Å². The second kappa shape index (κ2) is 3.68. The summed E-state index contributed by atoms with van der Waals surface area (Å²) >= 11 is 0. The van der Waals surface area contributed by atoms with Gasteiger partial charge < -0.3 is 9.63 Å². The number of amides is 1. The SMILES string of the molecule is O=C(O)N1C[C@@H](F)C[C@H]1c1nc(C2CC2)no1. The normalized spacial score (nSPS) is 28.6. The van der Waals surface area contributed by atoms with E-state index in [0.717, 1.165) is 17.7 Å². The first-order chi connectivity index (χ1) is 8.15. The van der Waals surface area contributed by atoms with Crippen LogP contribution in [0.2, 0.25) is 0 Å². The lowest BCUT2D eigenvalue weighted by Gasteiger charge is -2.16. The first-order valence-corrected chi connectivity index (χ1v) is 5.62. The summed E-state index contributed by atoms with van der Waals surface area (Å²) in [5.41, 5.74) is 0. The van der Waals surface area contributed by atoms with Crippen LogP contribution in [-0.2, 0) is 0 Å². The predicted molar refractivity (Wildman–Crippen MR) is 53.3 cm³/mol. The minimum absolute atomic E-state index is 0.0958. The van der Waals surface area contributed by atoms with E-state index in [1.165, 1.54) is 0 Å². The molecule has 1 saturated carbocycles. The van der Waals surface area contributed by atoms with E-state index < -0.39 is 18.3 Å². The first-order valence-electron chi connectivity index (χ1n) is 5.62. The largest absolute Gasteiger partial charge is 0.465 e. The maximum Gasteiger partial charge on any atom is 0.408 e. The molecule has 1 aromatic heterocycles. The van der Waals surface area contributed by atoms with Crippen molar-refractivity contribution in [3.63, 3.8) is 0 Å². The Morgan fingerprint density at radius 1 is 1.53 bits per heavy atom. The van der Waals surface area contributed by atoms with Gasteiger partial charge >= 0.3 is 6.09 Å². The Morgan fingerprint density at radius 2 is 2.29 bits per heavy atom. The summed E-state index contributed by atoms with van der Waals surface area (Å²) in [5, 5.41) is 12.8. The number of rotatable bonds is 2. The van der Waals surface area contributed by atoms with Gasteiger partial charge in [0.2, 0.25) is 5.89 Å². The minimum Gasteiger partial charge on any atom is -0.465 e. The van der Waals surface area contributed by atoms with Crippen LogP contribution < -0.4 is 0 Å². The van der Waals surface area contributed by atoms with E-state index in [1.54, 1.807) is 0 Å². The molecule has 0 aromatic carbocycles. The second-order valence-corrected chi connectivity index (χ2v) is 4.55. The van der Waals surface area contributed by atoms with E-state index in [9.17, 15) is 9.18 Å². The molecule has 1 aromatic rings. The average molecular weight is 241 g/mol. The smallest absolute Gasteiger partial charge is 0.408 e. The second-order valence-electron chi connectivity index (χ2n) is 4.55. The van der Waals surface area contributed by atoms with Crippen LogP contribution in [-0.4, -0.2) is 39.0 Å². The third-order valence-corrected chi connectivity index (χ3v) is 3.18. The van der Waals surface area contributed by atoms with E-state index in [4.69, 9.17) is 9.63 Å². The molecular weight excluding hydrogens is 229 g/mol. The van der Waals surface area contributed by atoms with Gasteiger partial charge in [-0.3, -0.25) is 4.90 Å². The fraction of sp³-hybridized carbons (Fsp3) is 0.700. The van der Waals surface area contributed by atoms with Crippen molar-refractivity contribution in [3.05, 3.63) is 11.7 Å². The molecule has 2 aliphatic rings. The van der Waals surface area contributed by atoms with Crippen molar-refractivity contribution in [3.8, 4) is 0 Å². The lowest BCUT2D eigenvalue weighted by atomic mass is 10.2. The quantitative estimate of drug-likeness (QED) is 0.852. The molecule has 7 heteroatoms. The van der Waals surface area contributed by atoms with Crippen molar-refractivity contribution in [2.45, 2.75) is 37.4 Å². The van der Waals surface area contributed by atoms with Gasteiger partial charge in [0.15, 0.2) is 5.82 Å². The number of likely N-dealkylation sites (tertiary alicyclic amines) is 1. The average Bonchev–Trinajstić information content (AvgIpc) is 2.88. The van der Waals surface area contributed by atoms with Gasteiger partial charge in [0.25, 0.3) is 0 Å². The number of hydrogen-bond acceptors (Lipinski definition) is 4. The maximum absolute atomic E-state index is 13.3. The Balaban J connectivity index is 1.83. The molecule has 3 rings (SSSR count). The molecule has 0 radical (unpaired) electrons. The molecular formula is C10H12FN3O3. The fourth-order valence-corrected chi connectivity index (χ4v) is 2.12. The van der Waals surface area contributed by atoms with E-state index in [0.29, 0.717) is 11.7 Å². The van der Waals surface area contributed by atoms with Crippen molar-refractivity contribution < 1.29 is 18.8 Å². The number of carbonyl (C=O) groups is 1. The van der Waals surface area contributed by atoms with Crippen molar-refractivity contribution >= 4 is 6.09 Å².